The van der Waals surface area contributed by atoms with Gasteiger partial charge in [-0.2, -0.15) is 0 Å². The first kappa shape index (κ1) is 41.5. The molecule has 0 bridgehead atoms. The molecule has 0 spiro atoms. The molecule has 6 heterocycles. The molecule has 13 rings (SSSR count). The molecule has 0 aliphatic carbocycles. The molecular formula is C62H53BN2O4. The van der Waals surface area contributed by atoms with E-state index in [1.54, 1.807) is 0 Å². The van der Waals surface area contributed by atoms with E-state index in [1.165, 1.54) is 16.7 Å². The van der Waals surface area contributed by atoms with Crippen molar-refractivity contribution in [1.29, 1.82) is 0 Å². The molecule has 2 aliphatic rings. The normalized spacial score (nSPS) is 13.8. The Morgan fingerprint density at radius 2 is 0.783 bits per heavy atom. The first-order chi connectivity index (χ1) is 33.1. The summed E-state index contributed by atoms with van der Waals surface area (Å²) in [5.74, 6) is 1.68. The Labute approximate surface area is 402 Å². The number of benzene rings is 7. The molecule has 0 saturated carbocycles. The zero-order valence-electron chi connectivity index (χ0n) is 40.6. The molecule has 0 saturated heterocycles. The van der Waals surface area contributed by atoms with E-state index in [1.807, 2.05) is 24.3 Å². The molecule has 7 heteroatoms. The molecule has 0 amide bonds. The van der Waals surface area contributed by atoms with Crippen molar-refractivity contribution in [2.24, 2.45) is 0 Å². The van der Waals surface area contributed by atoms with Crippen LogP contribution in [0.2, 0.25) is 0 Å². The third-order valence-corrected chi connectivity index (χ3v) is 14.5. The minimum absolute atomic E-state index is 0.0848. The first-order valence-corrected chi connectivity index (χ1v) is 24.2. The summed E-state index contributed by atoms with van der Waals surface area (Å²) in [6.07, 6.45) is 0. The van der Waals surface area contributed by atoms with Crippen molar-refractivity contribution in [3.63, 3.8) is 0 Å². The van der Waals surface area contributed by atoms with Crippen LogP contribution in [0.25, 0.3) is 66.5 Å². The minimum Gasteiger partial charge on any atom is -0.468 e. The van der Waals surface area contributed by atoms with Crippen molar-refractivity contribution in [1.82, 2.24) is 0 Å². The molecule has 6 nitrogen and oxygen atoms in total. The number of fused-ring (bicyclic) bond motifs is 10. The lowest BCUT2D eigenvalue weighted by Gasteiger charge is -2.42. The molecule has 2 aliphatic heterocycles. The van der Waals surface area contributed by atoms with Crippen molar-refractivity contribution in [2.75, 3.05) is 9.80 Å². The highest BCUT2D eigenvalue weighted by Crippen LogP contribution is 2.51. The Morgan fingerprint density at radius 3 is 1.17 bits per heavy atom. The van der Waals surface area contributed by atoms with Crippen LogP contribution in [0.3, 0.4) is 0 Å². The second-order valence-electron chi connectivity index (χ2n) is 22.2. The SMILES string of the molecule is CC(C)(C)c1cc2c3c(c1)N(c1ccc(-c4cc5ccccc5o4)cc1)c1c(oc4ccc(C(C)(C)C)cc14)B3c1oc3ccc(C(C)(C)C)cc3c1N2c1ccc(-c2cc3ccccc3o2)cc1. The van der Waals surface area contributed by atoms with E-state index in [2.05, 4.69) is 206 Å². The van der Waals surface area contributed by atoms with Crippen molar-refractivity contribution in [3.8, 4) is 22.6 Å². The Balaban J connectivity index is 1.09. The number of hydrogen-bond donors (Lipinski definition) is 0. The van der Waals surface area contributed by atoms with Gasteiger partial charge in [-0.1, -0.05) is 111 Å². The second kappa shape index (κ2) is 14.4. The van der Waals surface area contributed by atoms with Gasteiger partial charge in [-0.15, -0.1) is 0 Å². The maximum absolute atomic E-state index is 7.30. The Kier molecular flexibility index (Phi) is 8.70. The Morgan fingerprint density at radius 1 is 0.377 bits per heavy atom. The van der Waals surface area contributed by atoms with Gasteiger partial charge in [-0.3, -0.25) is 0 Å². The van der Waals surface area contributed by atoms with Crippen molar-refractivity contribution < 1.29 is 17.7 Å². The standard InChI is InChI=1S/C62H53BN2O4/c1-60(2,3)40-22-28-51-45(32-40)56-58(68-51)63-55-47(64(56)43-24-18-36(19-25-43)53-30-38-14-10-12-16-49(38)66-53)34-42(62(7,8)9)35-48(55)65(57-46-33-41(61(4,5)6)23-29-52(46)69-59(57)63)44-26-20-37(21-27-44)54-31-39-15-11-13-17-50(39)67-54/h10-35H,1-9H3. The summed E-state index contributed by atoms with van der Waals surface area (Å²) in [6, 6.07) is 56.6. The number of nitrogens with zero attached hydrogens (tertiary/aromatic N) is 2. The van der Waals surface area contributed by atoms with Gasteiger partial charge in [0.1, 0.15) is 45.2 Å². The highest BCUT2D eigenvalue weighted by Gasteiger charge is 2.50. The summed E-state index contributed by atoms with van der Waals surface area (Å²) in [6.45, 7) is 20.2. The van der Waals surface area contributed by atoms with Gasteiger partial charge in [0.25, 0.3) is 0 Å². The average molecular weight is 901 g/mol. The largest absolute Gasteiger partial charge is 0.468 e. The molecule has 0 radical (unpaired) electrons. The van der Waals surface area contributed by atoms with Gasteiger partial charge in [-0.05, 0) is 148 Å². The molecule has 7 aromatic carbocycles. The van der Waals surface area contributed by atoms with Crippen molar-refractivity contribution >= 4 is 101 Å². The molecule has 4 aromatic heterocycles. The topological polar surface area (TPSA) is 59.0 Å². The highest BCUT2D eigenvalue weighted by molar-refractivity contribution is 6.99. The number of furan rings is 4. The van der Waals surface area contributed by atoms with Crippen LogP contribution in [-0.2, 0) is 16.2 Å². The van der Waals surface area contributed by atoms with E-state index in [4.69, 9.17) is 17.7 Å². The summed E-state index contributed by atoms with van der Waals surface area (Å²) in [5, 5.41) is 4.32. The van der Waals surface area contributed by atoms with Gasteiger partial charge in [0, 0.05) is 55.4 Å². The third-order valence-electron chi connectivity index (χ3n) is 14.5. The van der Waals surface area contributed by atoms with Gasteiger partial charge in [0.05, 0.1) is 11.4 Å². The fourth-order valence-electron chi connectivity index (χ4n) is 10.7. The molecular weight excluding hydrogens is 848 g/mol. The lowest BCUT2D eigenvalue weighted by atomic mass is 9.37. The molecule has 11 aromatic rings. The summed E-state index contributed by atoms with van der Waals surface area (Å²) in [7, 11) is 0. The lowest BCUT2D eigenvalue weighted by molar-refractivity contribution is 0.590. The fraction of sp³-hybridized carbons (Fsp3) is 0.194. The first-order valence-electron chi connectivity index (χ1n) is 24.2. The molecule has 0 atom stereocenters. The van der Waals surface area contributed by atoms with Crippen LogP contribution in [0.15, 0.2) is 175 Å². The third kappa shape index (κ3) is 6.46. The van der Waals surface area contributed by atoms with E-state index < -0.39 is 0 Å². The van der Waals surface area contributed by atoms with E-state index in [9.17, 15) is 0 Å². The molecule has 69 heavy (non-hydrogen) atoms. The second-order valence-corrected chi connectivity index (χ2v) is 22.2. The molecule has 0 N–H and O–H groups in total. The van der Waals surface area contributed by atoms with Crippen LogP contribution in [0, 0.1) is 0 Å². The summed E-state index contributed by atoms with van der Waals surface area (Å²) in [5.41, 5.74) is 18.0. The maximum Gasteiger partial charge on any atom is 0.342 e. The highest BCUT2D eigenvalue weighted by atomic mass is 16.4. The zero-order chi connectivity index (χ0) is 47.3. The summed E-state index contributed by atoms with van der Waals surface area (Å²) < 4.78 is 27.4. The van der Waals surface area contributed by atoms with Crippen molar-refractivity contribution in [2.45, 2.75) is 78.6 Å². The van der Waals surface area contributed by atoms with Crippen LogP contribution >= 0.6 is 0 Å². The maximum atomic E-state index is 7.30. The smallest absolute Gasteiger partial charge is 0.342 e. The zero-order valence-corrected chi connectivity index (χ0v) is 40.6. The Bertz CT molecular complexity index is 3550. The van der Waals surface area contributed by atoms with Gasteiger partial charge in [0.2, 0.25) is 0 Å². The fourth-order valence-corrected chi connectivity index (χ4v) is 10.7. The van der Waals surface area contributed by atoms with E-state index >= 15 is 0 Å². The number of anilines is 6. The number of para-hydroxylation sites is 2. The van der Waals surface area contributed by atoms with Gasteiger partial charge in [-0.25, -0.2) is 0 Å². The molecule has 338 valence electrons. The predicted octanol–water partition coefficient (Wildman–Crippen LogP) is 16.0. The van der Waals surface area contributed by atoms with Gasteiger partial charge < -0.3 is 27.5 Å². The van der Waals surface area contributed by atoms with E-state index in [0.29, 0.717) is 0 Å². The predicted molar refractivity (Wildman–Crippen MR) is 287 cm³/mol. The van der Waals surface area contributed by atoms with E-state index in [0.717, 1.165) is 117 Å². The van der Waals surface area contributed by atoms with Crippen molar-refractivity contribution in [3.05, 3.63) is 174 Å². The van der Waals surface area contributed by atoms with Crippen LogP contribution < -0.4 is 26.6 Å². The number of rotatable bonds is 4. The number of hydrogen-bond acceptors (Lipinski definition) is 6. The van der Waals surface area contributed by atoms with Crippen LogP contribution in [-0.4, -0.2) is 6.71 Å². The quantitative estimate of drug-likeness (QED) is 0.164. The van der Waals surface area contributed by atoms with Gasteiger partial charge in [0.15, 0.2) is 0 Å². The van der Waals surface area contributed by atoms with Crippen LogP contribution in [0.5, 0.6) is 0 Å². The lowest BCUT2D eigenvalue weighted by Crippen LogP contribution is -2.60. The minimum atomic E-state index is -0.345. The monoisotopic (exact) mass is 900 g/mol. The molecule has 0 fully saturated rings. The van der Waals surface area contributed by atoms with Crippen LogP contribution in [0.4, 0.5) is 34.1 Å². The Hall–Kier alpha value is -7.64. The van der Waals surface area contributed by atoms with Gasteiger partial charge >= 0.3 is 6.71 Å². The van der Waals surface area contributed by atoms with E-state index in [-0.39, 0.29) is 23.0 Å². The average Bonchev–Trinajstić information content (AvgIpc) is 4.13. The summed E-state index contributed by atoms with van der Waals surface area (Å²) >= 11 is 0. The molecule has 0 unspecified atom stereocenters. The summed E-state index contributed by atoms with van der Waals surface area (Å²) in [4.78, 5) is 4.91. The van der Waals surface area contributed by atoms with Crippen LogP contribution in [0.1, 0.15) is 79.0 Å².